The largest absolute Gasteiger partial charge is 0.482 e. The van der Waals surface area contributed by atoms with Crippen molar-refractivity contribution in [1.29, 1.82) is 0 Å². The van der Waals surface area contributed by atoms with Crippen LogP contribution in [0.4, 0.5) is 18.9 Å². The van der Waals surface area contributed by atoms with E-state index >= 15 is 0 Å². The molecule has 192 valence electrons. The third-order valence-corrected chi connectivity index (χ3v) is 8.14. The number of rotatable bonds is 8. The van der Waals surface area contributed by atoms with Crippen LogP contribution in [-0.2, 0) is 27.4 Å². The van der Waals surface area contributed by atoms with E-state index < -0.39 is 45.3 Å². The van der Waals surface area contributed by atoms with Crippen LogP contribution in [0.1, 0.15) is 49.4 Å². The van der Waals surface area contributed by atoms with Crippen molar-refractivity contribution >= 4 is 21.7 Å². The van der Waals surface area contributed by atoms with Crippen molar-refractivity contribution in [2.24, 2.45) is 0 Å². The fraction of sp³-hybridized carbons (Fsp3) is 0.458. The van der Waals surface area contributed by atoms with E-state index in [-0.39, 0.29) is 11.7 Å². The second-order valence-electron chi connectivity index (χ2n) is 8.85. The number of aliphatic carboxylic acids is 1. The lowest BCUT2D eigenvalue weighted by atomic mass is 9.87. The maximum absolute atomic E-state index is 13.6. The maximum Gasteiger partial charge on any atom is 0.416 e. The highest BCUT2D eigenvalue weighted by atomic mass is 32.2. The monoisotopic (exact) mass is 514 g/mol. The van der Waals surface area contributed by atoms with Crippen LogP contribution in [0, 0.1) is 0 Å². The second-order valence-corrected chi connectivity index (χ2v) is 10.9. The van der Waals surface area contributed by atoms with Gasteiger partial charge < -0.3 is 14.7 Å². The summed E-state index contributed by atoms with van der Waals surface area (Å²) in [6.45, 7) is 3.05. The molecular formula is C24H29F3N2O5S. The smallest absolute Gasteiger partial charge is 0.416 e. The lowest BCUT2D eigenvalue weighted by Gasteiger charge is -2.33. The number of sulfonamides is 1. The molecule has 7 nitrogen and oxygen atoms in total. The van der Waals surface area contributed by atoms with Crippen LogP contribution in [-0.4, -0.2) is 50.5 Å². The van der Waals surface area contributed by atoms with Crippen molar-refractivity contribution in [2.45, 2.75) is 56.3 Å². The van der Waals surface area contributed by atoms with Crippen LogP contribution in [0.2, 0.25) is 0 Å². The number of hydrogen-bond acceptors (Lipinski definition) is 5. The van der Waals surface area contributed by atoms with Crippen molar-refractivity contribution < 1.29 is 36.2 Å². The predicted molar refractivity (Wildman–Crippen MR) is 125 cm³/mol. The zero-order chi connectivity index (χ0) is 26.1. The third-order valence-electron chi connectivity index (χ3n) is 6.30. The number of nitrogens with zero attached hydrogens (tertiary/aromatic N) is 2. The highest BCUT2D eigenvalue weighted by Gasteiger charge is 2.37. The minimum absolute atomic E-state index is 0.148. The van der Waals surface area contributed by atoms with Gasteiger partial charge in [-0.1, -0.05) is 12.1 Å². The number of fused-ring (bicyclic) bond motifs is 1. The molecule has 0 unspecified atom stereocenters. The summed E-state index contributed by atoms with van der Waals surface area (Å²) in [6.07, 6.45) is -3.08. The molecule has 0 fully saturated rings. The van der Waals surface area contributed by atoms with Gasteiger partial charge in [0.25, 0.3) is 0 Å². The zero-order valence-electron chi connectivity index (χ0n) is 20.0. The average molecular weight is 515 g/mol. The van der Waals surface area contributed by atoms with Crippen LogP contribution in [0.3, 0.4) is 0 Å². The molecule has 0 saturated carbocycles. The van der Waals surface area contributed by atoms with Crippen LogP contribution in [0.15, 0.2) is 41.3 Å². The second kappa shape index (κ2) is 10.1. The van der Waals surface area contributed by atoms with Crippen LogP contribution in [0.5, 0.6) is 5.75 Å². The van der Waals surface area contributed by atoms with Gasteiger partial charge in [-0.15, -0.1) is 0 Å². The Morgan fingerprint density at radius 2 is 1.89 bits per heavy atom. The standard InChI is InChI=1S/C24H29F3N2O5S/c1-15(2)28(3)17-11-16(24(25,26)27)12-18(13-17)35(32,33)29(4)21-9-5-8-20-19(21)7-6-10-22(20)34-14-23(30)31/h6-7,10-13,15,21H,5,8-9,14H2,1-4H3,(H,30,31)/t21-/m1/s1. The fourth-order valence-corrected chi connectivity index (χ4v) is 5.61. The third kappa shape index (κ3) is 5.72. The topological polar surface area (TPSA) is 87.2 Å². The summed E-state index contributed by atoms with van der Waals surface area (Å²) in [6, 6.07) is 7.09. The Morgan fingerprint density at radius 1 is 1.20 bits per heavy atom. The Hall–Kier alpha value is -2.79. The van der Waals surface area contributed by atoms with E-state index in [1.807, 2.05) is 0 Å². The molecule has 0 heterocycles. The van der Waals surface area contributed by atoms with E-state index in [0.29, 0.717) is 42.2 Å². The normalized spacial score (nSPS) is 16.3. The number of hydrogen-bond donors (Lipinski definition) is 1. The van der Waals surface area contributed by atoms with Crippen LogP contribution >= 0.6 is 0 Å². The highest BCUT2D eigenvalue weighted by molar-refractivity contribution is 7.89. The maximum atomic E-state index is 13.6. The number of carboxylic acids is 1. The molecule has 0 aliphatic heterocycles. The number of carboxylic acid groups (broad SMARTS) is 1. The lowest BCUT2D eigenvalue weighted by Crippen LogP contribution is -2.34. The first kappa shape index (κ1) is 26.8. The minimum atomic E-state index is -4.72. The lowest BCUT2D eigenvalue weighted by molar-refractivity contribution is -0.139. The predicted octanol–water partition coefficient (Wildman–Crippen LogP) is 4.71. The summed E-state index contributed by atoms with van der Waals surface area (Å²) in [5.41, 5.74) is 0.464. The van der Waals surface area contributed by atoms with Gasteiger partial charge in [-0.2, -0.15) is 17.5 Å². The van der Waals surface area contributed by atoms with Gasteiger partial charge in [-0.05, 0) is 68.5 Å². The van der Waals surface area contributed by atoms with E-state index in [1.54, 1.807) is 44.0 Å². The van der Waals surface area contributed by atoms with E-state index in [1.165, 1.54) is 13.1 Å². The molecule has 2 aromatic carbocycles. The van der Waals surface area contributed by atoms with Gasteiger partial charge in [-0.3, -0.25) is 0 Å². The number of ether oxygens (including phenoxy) is 1. The molecule has 1 N–H and O–H groups in total. The molecule has 2 aromatic rings. The molecule has 0 aromatic heterocycles. The molecule has 1 aliphatic carbocycles. The first-order valence-corrected chi connectivity index (χ1v) is 12.6. The summed E-state index contributed by atoms with van der Waals surface area (Å²) >= 11 is 0. The molecule has 0 radical (unpaired) electrons. The van der Waals surface area contributed by atoms with Gasteiger partial charge in [0.05, 0.1) is 16.5 Å². The van der Waals surface area contributed by atoms with Gasteiger partial charge in [0, 0.05) is 25.8 Å². The summed E-state index contributed by atoms with van der Waals surface area (Å²) in [4.78, 5) is 12.1. The molecule has 1 atom stereocenters. The highest BCUT2D eigenvalue weighted by Crippen LogP contribution is 2.41. The van der Waals surface area contributed by atoms with Gasteiger partial charge in [0.1, 0.15) is 5.75 Å². The van der Waals surface area contributed by atoms with Crippen molar-refractivity contribution in [3.63, 3.8) is 0 Å². The summed E-state index contributed by atoms with van der Waals surface area (Å²) < 4.78 is 74.6. The summed E-state index contributed by atoms with van der Waals surface area (Å²) in [7, 11) is -1.35. The number of alkyl halides is 3. The minimum Gasteiger partial charge on any atom is -0.482 e. The molecule has 11 heteroatoms. The first-order valence-electron chi connectivity index (χ1n) is 11.1. The molecule has 0 spiro atoms. The zero-order valence-corrected chi connectivity index (χ0v) is 20.8. The number of anilines is 1. The number of halogens is 3. The average Bonchev–Trinajstić information content (AvgIpc) is 2.80. The Bertz CT molecular complexity index is 1200. The van der Waals surface area contributed by atoms with Crippen molar-refractivity contribution in [1.82, 2.24) is 4.31 Å². The van der Waals surface area contributed by atoms with Crippen molar-refractivity contribution in [3.8, 4) is 5.75 Å². The van der Waals surface area contributed by atoms with E-state index in [0.717, 1.165) is 10.4 Å². The van der Waals surface area contributed by atoms with Gasteiger partial charge in [0.15, 0.2) is 6.61 Å². The Morgan fingerprint density at radius 3 is 2.49 bits per heavy atom. The Balaban J connectivity index is 2.05. The number of carbonyl (C=O) groups is 1. The summed E-state index contributed by atoms with van der Waals surface area (Å²) in [5, 5.41) is 8.93. The molecule has 35 heavy (non-hydrogen) atoms. The van der Waals surface area contributed by atoms with E-state index in [9.17, 15) is 26.4 Å². The molecule has 0 amide bonds. The van der Waals surface area contributed by atoms with Gasteiger partial charge >= 0.3 is 12.1 Å². The fourth-order valence-electron chi connectivity index (χ4n) is 4.17. The quantitative estimate of drug-likeness (QED) is 0.549. The van der Waals surface area contributed by atoms with Gasteiger partial charge in [-0.25, -0.2) is 13.2 Å². The van der Waals surface area contributed by atoms with Crippen molar-refractivity contribution in [3.05, 3.63) is 53.1 Å². The first-order chi connectivity index (χ1) is 16.2. The molecule has 1 aliphatic rings. The molecule has 3 rings (SSSR count). The van der Waals surface area contributed by atoms with Gasteiger partial charge in [0.2, 0.25) is 10.0 Å². The summed E-state index contributed by atoms with van der Waals surface area (Å²) in [5.74, 6) is -0.776. The SMILES string of the molecule is CC(C)N(C)c1cc(C(F)(F)F)cc(S(=O)(=O)N(C)[C@@H]2CCCc3c(OCC(=O)O)cccc32)c1. The van der Waals surface area contributed by atoms with Crippen LogP contribution < -0.4 is 9.64 Å². The molecule has 0 bridgehead atoms. The Labute approximate surface area is 203 Å². The Kier molecular flexibility index (Phi) is 7.71. The number of benzene rings is 2. The molecular weight excluding hydrogens is 485 g/mol. The van der Waals surface area contributed by atoms with Crippen molar-refractivity contribution in [2.75, 3.05) is 25.6 Å². The van der Waals surface area contributed by atoms with E-state index in [2.05, 4.69) is 0 Å². The van der Waals surface area contributed by atoms with E-state index in [4.69, 9.17) is 9.84 Å². The van der Waals surface area contributed by atoms with Crippen LogP contribution in [0.25, 0.3) is 0 Å². The molecule has 0 saturated heterocycles.